The molecule has 6 heteroatoms. The fraction of sp³-hybridized carbons (Fsp3) is 0.652. The van der Waals surface area contributed by atoms with Gasteiger partial charge in [0.25, 0.3) is 5.91 Å². The molecule has 0 bridgehead atoms. The number of carbonyl (C=O) groups is 2. The Kier molecular flexibility index (Phi) is 10.2. The molecule has 0 unspecified atom stereocenters. The molecule has 1 atom stereocenters. The minimum absolute atomic E-state index is 0.231. The standard InChI is InChI=1S/C23H37NO5/c1-8-12-29-23(7,14-16(3)4)22(26)24-18-10-11-20(28-15-17(5)6)19(13-18)21(25)27-9-2/h10-11,13,16-17H,8-9,12,14-15H2,1-7H3,(H,24,26)/t23-/m1/s1. The van der Waals surface area contributed by atoms with Crippen LogP contribution in [0.3, 0.4) is 0 Å². The second-order valence-electron chi connectivity index (χ2n) is 8.27. The molecular weight excluding hydrogens is 370 g/mol. The summed E-state index contributed by atoms with van der Waals surface area (Å²) in [6.45, 7) is 15.0. The van der Waals surface area contributed by atoms with Crippen LogP contribution in [0.25, 0.3) is 0 Å². The van der Waals surface area contributed by atoms with Crippen LogP contribution in [0.5, 0.6) is 5.75 Å². The van der Waals surface area contributed by atoms with Gasteiger partial charge in [0.2, 0.25) is 0 Å². The van der Waals surface area contributed by atoms with Crippen LogP contribution in [-0.4, -0.2) is 37.3 Å². The summed E-state index contributed by atoms with van der Waals surface area (Å²) < 4.78 is 16.8. The lowest BCUT2D eigenvalue weighted by atomic mass is 9.93. The zero-order chi connectivity index (χ0) is 22.0. The van der Waals surface area contributed by atoms with Crippen LogP contribution in [0.1, 0.15) is 71.7 Å². The van der Waals surface area contributed by atoms with Crippen molar-refractivity contribution >= 4 is 17.6 Å². The quantitative estimate of drug-likeness (QED) is 0.490. The van der Waals surface area contributed by atoms with E-state index in [9.17, 15) is 9.59 Å². The molecule has 0 heterocycles. The maximum absolute atomic E-state index is 13.0. The molecule has 0 aliphatic heterocycles. The molecule has 0 saturated heterocycles. The highest BCUT2D eigenvalue weighted by Gasteiger charge is 2.35. The second-order valence-corrected chi connectivity index (χ2v) is 8.27. The molecule has 1 rings (SSSR count). The Morgan fingerprint density at radius 2 is 1.79 bits per heavy atom. The van der Waals surface area contributed by atoms with E-state index in [0.717, 1.165) is 6.42 Å². The van der Waals surface area contributed by atoms with Gasteiger partial charge in [-0.25, -0.2) is 4.79 Å². The van der Waals surface area contributed by atoms with Crippen molar-refractivity contribution in [1.82, 2.24) is 0 Å². The molecule has 0 radical (unpaired) electrons. The van der Waals surface area contributed by atoms with E-state index in [-0.39, 0.29) is 12.5 Å². The van der Waals surface area contributed by atoms with Crippen molar-refractivity contribution in [3.05, 3.63) is 23.8 Å². The third-order valence-electron chi connectivity index (χ3n) is 4.21. The molecule has 1 aromatic carbocycles. The first-order chi connectivity index (χ1) is 13.6. The van der Waals surface area contributed by atoms with Crippen LogP contribution in [0.15, 0.2) is 18.2 Å². The molecule has 0 aliphatic rings. The Labute approximate surface area is 175 Å². The minimum atomic E-state index is -0.943. The fourth-order valence-electron chi connectivity index (χ4n) is 2.95. The van der Waals surface area contributed by atoms with E-state index in [4.69, 9.17) is 14.2 Å². The summed E-state index contributed by atoms with van der Waals surface area (Å²) in [5.41, 5.74) is -0.142. The van der Waals surface area contributed by atoms with Crippen molar-refractivity contribution in [2.24, 2.45) is 11.8 Å². The lowest BCUT2D eigenvalue weighted by molar-refractivity contribution is -0.141. The molecule has 0 aliphatic carbocycles. The smallest absolute Gasteiger partial charge is 0.341 e. The van der Waals surface area contributed by atoms with Crippen molar-refractivity contribution in [2.45, 2.75) is 66.9 Å². The maximum atomic E-state index is 13.0. The summed E-state index contributed by atoms with van der Waals surface area (Å²) >= 11 is 0. The predicted octanol–water partition coefficient (Wildman–Crippen LogP) is 5.07. The summed E-state index contributed by atoms with van der Waals surface area (Å²) in [5, 5.41) is 2.90. The number of ether oxygens (including phenoxy) is 3. The number of nitrogens with one attached hydrogen (secondary N) is 1. The maximum Gasteiger partial charge on any atom is 0.341 e. The van der Waals surface area contributed by atoms with E-state index in [1.165, 1.54) is 0 Å². The molecule has 1 aromatic rings. The normalized spacial score (nSPS) is 13.3. The van der Waals surface area contributed by atoms with Gasteiger partial charge in [-0.05, 0) is 56.7 Å². The summed E-state index contributed by atoms with van der Waals surface area (Å²) in [4.78, 5) is 25.4. The minimum Gasteiger partial charge on any atom is -0.492 e. The van der Waals surface area contributed by atoms with Crippen LogP contribution >= 0.6 is 0 Å². The predicted molar refractivity (Wildman–Crippen MR) is 115 cm³/mol. The lowest BCUT2D eigenvalue weighted by Gasteiger charge is -2.30. The van der Waals surface area contributed by atoms with Gasteiger partial charge >= 0.3 is 5.97 Å². The summed E-state index contributed by atoms with van der Waals surface area (Å²) in [6, 6.07) is 5.02. The highest BCUT2D eigenvalue weighted by atomic mass is 16.5. The molecule has 0 saturated carbocycles. The summed E-state index contributed by atoms with van der Waals surface area (Å²) in [6.07, 6.45) is 1.43. The van der Waals surface area contributed by atoms with Gasteiger partial charge in [-0.3, -0.25) is 4.79 Å². The Morgan fingerprint density at radius 3 is 2.34 bits per heavy atom. The molecule has 6 nitrogen and oxygen atoms in total. The van der Waals surface area contributed by atoms with Crippen molar-refractivity contribution in [3.8, 4) is 5.75 Å². The van der Waals surface area contributed by atoms with Gasteiger partial charge in [0.1, 0.15) is 16.9 Å². The monoisotopic (exact) mass is 407 g/mol. The molecule has 164 valence electrons. The zero-order valence-electron chi connectivity index (χ0n) is 19.0. The highest BCUT2D eigenvalue weighted by Crippen LogP contribution is 2.27. The first-order valence-electron chi connectivity index (χ1n) is 10.5. The molecular formula is C23H37NO5. The Balaban J connectivity index is 3.11. The number of amides is 1. The summed E-state index contributed by atoms with van der Waals surface area (Å²) in [5.74, 6) is 0.351. The SMILES string of the molecule is CCCO[C@](C)(CC(C)C)C(=O)Nc1ccc(OCC(C)C)c(C(=O)OCC)c1. The van der Waals surface area contributed by atoms with Gasteiger partial charge in [0, 0.05) is 12.3 Å². The molecule has 0 spiro atoms. The Bertz CT molecular complexity index is 671. The molecule has 1 amide bonds. The molecule has 0 aromatic heterocycles. The van der Waals surface area contributed by atoms with Crippen LogP contribution in [0.4, 0.5) is 5.69 Å². The molecule has 0 fully saturated rings. The third kappa shape index (κ3) is 8.05. The number of hydrogen-bond acceptors (Lipinski definition) is 5. The first-order valence-corrected chi connectivity index (χ1v) is 10.5. The zero-order valence-corrected chi connectivity index (χ0v) is 19.0. The van der Waals surface area contributed by atoms with Gasteiger partial charge < -0.3 is 19.5 Å². The summed E-state index contributed by atoms with van der Waals surface area (Å²) in [7, 11) is 0. The van der Waals surface area contributed by atoms with Crippen molar-refractivity contribution in [2.75, 3.05) is 25.1 Å². The Morgan fingerprint density at radius 1 is 1.10 bits per heavy atom. The van der Waals surface area contributed by atoms with Crippen LogP contribution in [0, 0.1) is 11.8 Å². The number of carbonyl (C=O) groups excluding carboxylic acids is 2. The van der Waals surface area contributed by atoms with E-state index in [1.807, 2.05) is 27.7 Å². The van der Waals surface area contributed by atoms with Crippen molar-refractivity contribution < 1.29 is 23.8 Å². The van der Waals surface area contributed by atoms with Gasteiger partial charge in [0.05, 0.1) is 13.2 Å². The lowest BCUT2D eigenvalue weighted by Crippen LogP contribution is -2.44. The number of esters is 1. The van der Waals surface area contributed by atoms with E-state index >= 15 is 0 Å². The number of benzene rings is 1. The van der Waals surface area contributed by atoms with Gasteiger partial charge in [-0.2, -0.15) is 0 Å². The van der Waals surface area contributed by atoms with Crippen LogP contribution in [-0.2, 0) is 14.3 Å². The van der Waals surface area contributed by atoms with Crippen molar-refractivity contribution in [3.63, 3.8) is 0 Å². The fourth-order valence-corrected chi connectivity index (χ4v) is 2.95. The number of hydrogen-bond donors (Lipinski definition) is 1. The Hall–Kier alpha value is -2.08. The molecule has 29 heavy (non-hydrogen) atoms. The number of anilines is 1. The van der Waals surface area contributed by atoms with E-state index in [1.54, 1.807) is 25.1 Å². The van der Waals surface area contributed by atoms with Crippen LogP contribution < -0.4 is 10.1 Å². The van der Waals surface area contributed by atoms with E-state index < -0.39 is 11.6 Å². The second kappa shape index (κ2) is 11.8. The largest absolute Gasteiger partial charge is 0.492 e. The van der Waals surface area contributed by atoms with Crippen molar-refractivity contribution in [1.29, 1.82) is 0 Å². The van der Waals surface area contributed by atoms with E-state index in [0.29, 0.717) is 48.5 Å². The first kappa shape index (κ1) is 25.0. The highest BCUT2D eigenvalue weighted by molar-refractivity contribution is 5.99. The number of rotatable bonds is 12. The van der Waals surface area contributed by atoms with Gasteiger partial charge in [-0.15, -0.1) is 0 Å². The van der Waals surface area contributed by atoms with Crippen LogP contribution in [0.2, 0.25) is 0 Å². The van der Waals surface area contributed by atoms with Gasteiger partial charge in [0.15, 0.2) is 0 Å². The van der Waals surface area contributed by atoms with E-state index in [2.05, 4.69) is 19.2 Å². The van der Waals surface area contributed by atoms with Gasteiger partial charge in [-0.1, -0.05) is 34.6 Å². The topological polar surface area (TPSA) is 73.9 Å². The third-order valence-corrected chi connectivity index (χ3v) is 4.21. The average Bonchev–Trinajstić information content (AvgIpc) is 2.64. The average molecular weight is 408 g/mol. The molecule has 1 N–H and O–H groups in total.